The van der Waals surface area contributed by atoms with Gasteiger partial charge in [0.2, 0.25) is 0 Å². The summed E-state index contributed by atoms with van der Waals surface area (Å²) in [5.74, 6) is 0.104. The van der Waals surface area contributed by atoms with Crippen molar-refractivity contribution in [2.24, 2.45) is 0 Å². The molecule has 2 aliphatic heterocycles. The number of anilines is 2. The number of hydrogen-bond acceptors (Lipinski definition) is 6. The predicted octanol–water partition coefficient (Wildman–Crippen LogP) is 5.66. The zero-order valence-corrected chi connectivity index (χ0v) is 22.1. The highest BCUT2D eigenvalue weighted by Crippen LogP contribution is 2.43. The Morgan fingerprint density at radius 1 is 1.05 bits per heavy atom. The molecule has 7 nitrogen and oxygen atoms in total. The van der Waals surface area contributed by atoms with Crippen LogP contribution in [0.25, 0.3) is 5.76 Å². The molecule has 1 atom stereocenters. The zero-order chi connectivity index (χ0) is 27.0. The van der Waals surface area contributed by atoms with Crippen LogP contribution in [0.15, 0.2) is 72.3 Å². The second kappa shape index (κ2) is 10.2. The number of hydrogen-bond donors (Lipinski definition) is 1. The molecule has 0 saturated carbocycles. The number of Topliss-reactive ketones (excluding diaryl/α,β-unsaturated/α-hetero) is 1. The van der Waals surface area contributed by atoms with Crippen LogP contribution in [-0.4, -0.2) is 43.6 Å². The minimum atomic E-state index is -0.805. The van der Waals surface area contributed by atoms with Crippen molar-refractivity contribution in [1.82, 2.24) is 0 Å². The van der Waals surface area contributed by atoms with Gasteiger partial charge in [-0.05, 0) is 66.4 Å². The number of aliphatic hydroxyl groups is 1. The number of carbonyl (C=O) groups is 2. The minimum absolute atomic E-state index is 0.0476. The molecule has 0 spiro atoms. The summed E-state index contributed by atoms with van der Waals surface area (Å²) in [6.07, 6.45) is 0. The molecule has 5 rings (SSSR count). The Kier molecular flexibility index (Phi) is 6.85. The van der Waals surface area contributed by atoms with Crippen LogP contribution in [0, 0.1) is 0 Å². The average molecular weight is 513 g/mol. The van der Waals surface area contributed by atoms with Crippen molar-refractivity contribution < 1.29 is 24.2 Å². The SMILES string of the molecule is CCOc1ccc(C2/C(=C(/O)c3ccc4c(c3)N(C)CCO4)C(=O)C(=O)N2c2ccc(C(C)C)cc2)cc1. The van der Waals surface area contributed by atoms with E-state index in [2.05, 4.69) is 13.8 Å². The van der Waals surface area contributed by atoms with Gasteiger partial charge < -0.3 is 19.5 Å². The van der Waals surface area contributed by atoms with Crippen molar-refractivity contribution in [3.05, 3.63) is 89.0 Å². The van der Waals surface area contributed by atoms with Crippen molar-refractivity contribution in [3.8, 4) is 11.5 Å². The molecule has 3 aromatic carbocycles. The van der Waals surface area contributed by atoms with Gasteiger partial charge in [-0.1, -0.05) is 38.1 Å². The number of amides is 1. The first-order chi connectivity index (χ1) is 18.3. The molecule has 196 valence electrons. The molecule has 1 fully saturated rings. The number of carbonyl (C=O) groups excluding carboxylic acids is 2. The number of ketones is 1. The highest BCUT2D eigenvalue weighted by Gasteiger charge is 2.47. The molecule has 0 aliphatic carbocycles. The van der Waals surface area contributed by atoms with E-state index in [0.717, 1.165) is 11.3 Å². The Hall–Kier alpha value is -4.26. The normalized spacial score (nSPS) is 18.5. The fourth-order valence-corrected chi connectivity index (χ4v) is 5.00. The first kappa shape index (κ1) is 25.4. The fourth-order valence-electron chi connectivity index (χ4n) is 5.00. The third-order valence-electron chi connectivity index (χ3n) is 7.12. The van der Waals surface area contributed by atoms with Gasteiger partial charge in [0, 0.05) is 18.3 Å². The maximum absolute atomic E-state index is 13.5. The number of fused-ring (bicyclic) bond motifs is 1. The Bertz CT molecular complexity index is 1390. The molecule has 38 heavy (non-hydrogen) atoms. The Labute approximate surface area is 222 Å². The molecule has 7 heteroatoms. The van der Waals surface area contributed by atoms with Gasteiger partial charge >= 0.3 is 0 Å². The summed E-state index contributed by atoms with van der Waals surface area (Å²) in [4.78, 5) is 30.5. The smallest absolute Gasteiger partial charge is 0.300 e. The van der Waals surface area contributed by atoms with Crippen molar-refractivity contribution >= 4 is 28.8 Å². The third-order valence-corrected chi connectivity index (χ3v) is 7.12. The molecule has 0 bridgehead atoms. The molecule has 1 amide bonds. The van der Waals surface area contributed by atoms with Gasteiger partial charge in [-0.15, -0.1) is 0 Å². The van der Waals surface area contributed by atoms with Gasteiger partial charge in [0.15, 0.2) is 0 Å². The standard InChI is InChI=1S/C31H32N2O5/c1-5-37-24-13-8-21(9-14-24)28-27(29(34)22-10-15-26-25(18-22)32(4)16-17-38-26)30(35)31(36)33(28)23-11-6-20(7-12-23)19(2)3/h6-15,18-19,28,34H,5,16-17H2,1-4H3/b29-27-. The van der Waals surface area contributed by atoms with Crippen molar-refractivity contribution in [3.63, 3.8) is 0 Å². The molecule has 1 saturated heterocycles. The predicted molar refractivity (Wildman–Crippen MR) is 148 cm³/mol. The fraction of sp³-hybridized carbons (Fsp3) is 0.290. The van der Waals surface area contributed by atoms with Crippen molar-refractivity contribution in [2.75, 3.05) is 36.6 Å². The zero-order valence-electron chi connectivity index (χ0n) is 22.1. The highest BCUT2D eigenvalue weighted by atomic mass is 16.5. The van der Waals surface area contributed by atoms with Crippen LogP contribution in [-0.2, 0) is 9.59 Å². The molecule has 0 radical (unpaired) electrons. The van der Waals surface area contributed by atoms with Crippen LogP contribution in [0.5, 0.6) is 11.5 Å². The van der Waals surface area contributed by atoms with Gasteiger partial charge in [0.25, 0.3) is 11.7 Å². The Balaban J connectivity index is 1.65. The maximum Gasteiger partial charge on any atom is 0.300 e. The number of likely N-dealkylation sites (N-methyl/N-ethyl adjacent to an activating group) is 1. The number of ether oxygens (including phenoxy) is 2. The summed E-state index contributed by atoms with van der Waals surface area (Å²) in [5.41, 5.74) is 3.73. The van der Waals surface area contributed by atoms with Crippen LogP contribution >= 0.6 is 0 Å². The monoisotopic (exact) mass is 512 g/mol. The van der Waals surface area contributed by atoms with Gasteiger partial charge in [-0.2, -0.15) is 0 Å². The van der Waals surface area contributed by atoms with E-state index in [1.807, 2.05) is 67.4 Å². The second-order valence-electron chi connectivity index (χ2n) is 9.87. The molecule has 1 N–H and O–H groups in total. The lowest BCUT2D eigenvalue weighted by Gasteiger charge is -2.28. The summed E-state index contributed by atoms with van der Waals surface area (Å²) < 4.78 is 11.3. The Morgan fingerprint density at radius 2 is 1.76 bits per heavy atom. The van der Waals surface area contributed by atoms with E-state index < -0.39 is 17.7 Å². The van der Waals surface area contributed by atoms with Crippen LogP contribution in [0.1, 0.15) is 49.4 Å². The second-order valence-corrected chi connectivity index (χ2v) is 9.87. The summed E-state index contributed by atoms with van der Waals surface area (Å²) >= 11 is 0. The number of aliphatic hydroxyl groups excluding tert-OH is 1. The molecule has 0 aromatic heterocycles. The average Bonchev–Trinajstić information content (AvgIpc) is 3.19. The van der Waals surface area contributed by atoms with E-state index in [4.69, 9.17) is 9.47 Å². The highest BCUT2D eigenvalue weighted by molar-refractivity contribution is 6.51. The van der Waals surface area contributed by atoms with Gasteiger partial charge in [0.1, 0.15) is 23.9 Å². The lowest BCUT2D eigenvalue weighted by atomic mass is 9.94. The van der Waals surface area contributed by atoms with Crippen molar-refractivity contribution in [2.45, 2.75) is 32.7 Å². The molecule has 1 unspecified atom stereocenters. The third kappa shape index (κ3) is 4.49. The minimum Gasteiger partial charge on any atom is -0.507 e. The summed E-state index contributed by atoms with van der Waals surface area (Å²) in [5, 5.41) is 11.5. The van der Waals surface area contributed by atoms with Crippen LogP contribution in [0.3, 0.4) is 0 Å². The number of nitrogens with zero attached hydrogens (tertiary/aromatic N) is 2. The quantitative estimate of drug-likeness (QED) is 0.261. The van der Waals surface area contributed by atoms with Crippen molar-refractivity contribution in [1.29, 1.82) is 0 Å². The van der Waals surface area contributed by atoms with Crippen LogP contribution in [0.4, 0.5) is 11.4 Å². The first-order valence-corrected chi connectivity index (χ1v) is 12.9. The number of rotatable bonds is 6. The summed E-state index contributed by atoms with van der Waals surface area (Å²) in [6, 6.07) is 19.4. The van der Waals surface area contributed by atoms with E-state index in [-0.39, 0.29) is 11.3 Å². The van der Waals surface area contributed by atoms with Gasteiger partial charge in [-0.25, -0.2) is 0 Å². The lowest BCUT2D eigenvalue weighted by molar-refractivity contribution is -0.132. The van der Waals surface area contributed by atoms with E-state index in [9.17, 15) is 14.7 Å². The molecule has 2 aliphatic rings. The molecular weight excluding hydrogens is 480 g/mol. The lowest BCUT2D eigenvalue weighted by Crippen LogP contribution is -2.29. The van der Waals surface area contributed by atoms with E-state index >= 15 is 0 Å². The van der Waals surface area contributed by atoms with Gasteiger partial charge in [-0.3, -0.25) is 14.5 Å². The van der Waals surface area contributed by atoms with E-state index in [1.165, 1.54) is 4.90 Å². The van der Waals surface area contributed by atoms with Crippen LogP contribution < -0.4 is 19.3 Å². The molecule has 2 heterocycles. The largest absolute Gasteiger partial charge is 0.507 e. The van der Waals surface area contributed by atoms with Crippen LogP contribution in [0.2, 0.25) is 0 Å². The Morgan fingerprint density at radius 3 is 2.42 bits per heavy atom. The maximum atomic E-state index is 13.5. The summed E-state index contributed by atoms with van der Waals surface area (Å²) in [6.45, 7) is 7.92. The molecule has 3 aromatic rings. The van der Waals surface area contributed by atoms with E-state index in [1.54, 1.807) is 18.2 Å². The first-order valence-electron chi connectivity index (χ1n) is 12.9. The number of benzene rings is 3. The summed E-state index contributed by atoms with van der Waals surface area (Å²) in [7, 11) is 1.95. The van der Waals surface area contributed by atoms with Gasteiger partial charge in [0.05, 0.1) is 30.5 Å². The molecular formula is C31H32N2O5. The van der Waals surface area contributed by atoms with E-state index in [0.29, 0.717) is 54.0 Å². The topological polar surface area (TPSA) is 79.3 Å².